The average molecular weight is 387 g/mol. The molecule has 0 unspecified atom stereocenters. The van der Waals surface area contributed by atoms with Gasteiger partial charge in [-0.15, -0.1) is 17.7 Å². The van der Waals surface area contributed by atoms with E-state index in [9.17, 15) is 8.42 Å². The van der Waals surface area contributed by atoms with E-state index >= 15 is 0 Å². The normalized spacial score (nSPS) is 12.1. The third-order valence-corrected chi connectivity index (χ3v) is 5.82. The van der Waals surface area contributed by atoms with Gasteiger partial charge >= 0.3 is 0 Å². The van der Waals surface area contributed by atoms with Crippen LogP contribution in [0.3, 0.4) is 0 Å². The number of aliphatic hydroxyl groups excluding tert-OH is 1. The largest absolute Gasteiger partial charge is 0.397 e. The third-order valence-electron chi connectivity index (χ3n) is 3.83. The fourth-order valence-electron chi connectivity index (χ4n) is 2.50. The molecule has 0 saturated carbocycles. The summed E-state index contributed by atoms with van der Waals surface area (Å²) < 4.78 is 23.8. The molecule has 0 bridgehead atoms. The van der Waals surface area contributed by atoms with Crippen molar-refractivity contribution in [2.45, 2.75) is 9.79 Å². The molecule has 0 aromatic heterocycles. The van der Waals surface area contributed by atoms with Crippen LogP contribution in [0.2, 0.25) is 0 Å². The molecule has 8 heteroatoms. The summed E-state index contributed by atoms with van der Waals surface area (Å²) in [6, 6.07) is 15.3. The van der Waals surface area contributed by atoms with Crippen LogP contribution in [0.25, 0.3) is 10.8 Å². The van der Waals surface area contributed by atoms with Crippen molar-refractivity contribution < 1.29 is 13.5 Å². The Morgan fingerprint density at radius 3 is 2.42 bits per heavy atom. The Balaban J connectivity index is 1.93. The van der Waals surface area contributed by atoms with Crippen molar-refractivity contribution in [3.05, 3.63) is 54.6 Å². The molecule has 3 N–H and O–H groups in total. The van der Waals surface area contributed by atoms with Crippen LogP contribution in [0.4, 0.5) is 17.1 Å². The fraction of sp³-hybridized carbons (Fsp3) is 0.111. The molecule has 6 nitrogen and oxygen atoms in total. The highest BCUT2D eigenvalue weighted by Crippen LogP contribution is 2.34. The van der Waals surface area contributed by atoms with E-state index in [2.05, 4.69) is 22.9 Å². The first-order chi connectivity index (χ1) is 12.4. The number of thiol groups is 1. The number of benzene rings is 3. The van der Waals surface area contributed by atoms with Crippen LogP contribution in [0.5, 0.6) is 0 Å². The number of hydrogen-bond donors (Lipinski definition) is 3. The van der Waals surface area contributed by atoms with E-state index in [1.807, 2.05) is 24.3 Å². The minimum absolute atomic E-state index is 0.136. The molecular weight excluding hydrogens is 370 g/mol. The molecule has 134 valence electrons. The molecule has 0 saturated heterocycles. The van der Waals surface area contributed by atoms with Crippen molar-refractivity contribution in [2.75, 3.05) is 18.1 Å². The summed E-state index contributed by atoms with van der Waals surface area (Å²) in [5.74, 6) is -0.312. The summed E-state index contributed by atoms with van der Waals surface area (Å²) in [7, 11) is -3.48. The minimum atomic E-state index is -3.48. The molecule has 0 radical (unpaired) electrons. The van der Waals surface area contributed by atoms with Gasteiger partial charge < -0.3 is 10.8 Å². The molecule has 0 aliphatic rings. The van der Waals surface area contributed by atoms with Crippen LogP contribution in [0.15, 0.2) is 74.6 Å². The van der Waals surface area contributed by atoms with E-state index in [0.29, 0.717) is 17.1 Å². The van der Waals surface area contributed by atoms with Gasteiger partial charge in [0.15, 0.2) is 9.84 Å². The van der Waals surface area contributed by atoms with Gasteiger partial charge in [0.25, 0.3) is 0 Å². The van der Waals surface area contributed by atoms with Crippen LogP contribution >= 0.6 is 12.6 Å². The third kappa shape index (κ3) is 3.87. The first-order valence-corrected chi connectivity index (χ1v) is 9.87. The van der Waals surface area contributed by atoms with Gasteiger partial charge in [0.05, 0.1) is 28.6 Å². The van der Waals surface area contributed by atoms with Crippen molar-refractivity contribution in [2.24, 2.45) is 10.2 Å². The van der Waals surface area contributed by atoms with Gasteiger partial charge in [0, 0.05) is 10.3 Å². The number of nitrogens with zero attached hydrogens (tertiary/aromatic N) is 2. The standard InChI is InChI=1S/C18H17N3O3S2/c19-17-8-1-12-11-14(25)4-7-16(12)18(17)21-20-13-2-5-15(6-3-13)26(23,24)10-9-22/h1-8,11,22,25H,9-10,19H2/b21-20+. The summed E-state index contributed by atoms with van der Waals surface area (Å²) in [5.41, 5.74) is 7.57. The van der Waals surface area contributed by atoms with Gasteiger partial charge in [0.1, 0.15) is 5.69 Å². The van der Waals surface area contributed by atoms with Gasteiger partial charge in [-0.25, -0.2) is 8.42 Å². The Bertz CT molecular complexity index is 1080. The molecular formula is C18H17N3O3S2. The maximum absolute atomic E-state index is 11.9. The first-order valence-electron chi connectivity index (χ1n) is 7.77. The number of hydrogen-bond acceptors (Lipinski definition) is 7. The molecule has 0 amide bonds. The predicted octanol–water partition coefficient (Wildman–Crippen LogP) is 3.89. The minimum Gasteiger partial charge on any atom is -0.397 e. The zero-order valence-corrected chi connectivity index (χ0v) is 15.4. The first kappa shape index (κ1) is 18.4. The molecule has 0 fully saturated rings. The Morgan fingerprint density at radius 1 is 1.00 bits per heavy atom. The molecule has 3 aromatic rings. The highest BCUT2D eigenvalue weighted by atomic mass is 32.2. The number of rotatable bonds is 5. The summed E-state index contributed by atoms with van der Waals surface area (Å²) in [5, 5.41) is 19.0. The fourth-order valence-corrected chi connectivity index (χ4v) is 3.74. The molecule has 0 aliphatic carbocycles. The highest BCUT2D eigenvalue weighted by Gasteiger charge is 2.13. The maximum Gasteiger partial charge on any atom is 0.180 e. The van der Waals surface area contributed by atoms with E-state index in [4.69, 9.17) is 10.8 Å². The Morgan fingerprint density at radius 2 is 1.73 bits per heavy atom. The molecule has 0 atom stereocenters. The number of sulfone groups is 1. The second-order valence-corrected chi connectivity index (χ2v) is 8.27. The van der Waals surface area contributed by atoms with Crippen LogP contribution in [-0.2, 0) is 9.84 Å². The van der Waals surface area contributed by atoms with Crippen LogP contribution in [0.1, 0.15) is 0 Å². The van der Waals surface area contributed by atoms with Gasteiger partial charge in [-0.2, -0.15) is 5.11 Å². The zero-order valence-electron chi connectivity index (χ0n) is 13.7. The van der Waals surface area contributed by atoms with E-state index in [-0.39, 0.29) is 10.6 Å². The summed E-state index contributed by atoms with van der Waals surface area (Å²) >= 11 is 4.33. The van der Waals surface area contributed by atoms with E-state index < -0.39 is 16.4 Å². The van der Waals surface area contributed by atoms with Crippen LogP contribution in [0, 0.1) is 0 Å². The summed E-state index contributed by atoms with van der Waals surface area (Å²) in [4.78, 5) is 0.973. The molecule has 0 aliphatic heterocycles. The van der Waals surface area contributed by atoms with Crippen LogP contribution < -0.4 is 5.73 Å². The molecule has 3 rings (SSSR count). The lowest BCUT2D eigenvalue weighted by Gasteiger charge is -2.06. The lowest BCUT2D eigenvalue weighted by atomic mass is 10.1. The summed E-state index contributed by atoms with van der Waals surface area (Å²) in [6.07, 6.45) is 0. The van der Waals surface area contributed by atoms with Crippen molar-refractivity contribution >= 4 is 50.3 Å². The van der Waals surface area contributed by atoms with Crippen molar-refractivity contribution in [3.63, 3.8) is 0 Å². The number of nitrogen functional groups attached to an aromatic ring is 1. The second kappa shape index (κ2) is 7.45. The second-order valence-electron chi connectivity index (χ2n) is 5.65. The number of aliphatic hydroxyl groups is 1. The molecule has 0 heterocycles. The van der Waals surface area contributed by atoms with Gasteiger partial charge in [-0.1, -0.05) is 12.1 Å². The molecule has 26 heavy (non-hydrogen) atoms. The smallest absolute Gasteiger partial charge is 0.180 e. The van der Waals surface area contributed by atoms with Gasteiger partial charge in [-0.3, -0.25) is 0 Å². The van der Waals surface area contributed by atoms with Crippen LogP contribution in [-0.4, -0.2) is 25.9 Å². The van der Waals surface area contributed by atoms with E-state index in [1.165, 1.54) is 12.1 Å². The highest BCUT2D eigenvalue weighted by molar-refractivity contribution is 7.91. The monoisotopic (exact) mass is 387 g/mol. The van der Waals surface area contributed by atoms with Crippen molar-refractivity contribution in [3.8, 4) is 0 Å². The Hall–Kier alpha value is -2.42. The van der Waals surface area contributed by atoms with Gasteiger partial charge in [-0.05, 0) is 47.9 Å². The molecule has 0 spiro atoms. The Kier molecular flexibility index (Phi) is 5.26. The average Bonchev–Trinajstić information content (AvgIpc) is 2.61. The predicted molar refractivity (Wildman–Crippen MR) is 105 cm³/mol. The quantitative estimate of drug-likeness (QED) is 0.351. The lowest BCUT2D eigenvalue weighted by molar-refractivity contribution is 0.319. The number of anilines is 1. The molecule has 3 aromatic carbocycles. The number of fused-ring (bicyclic) bond motifs is 1. The van der Waals surface area contributed by atoms with E-state index in [0.717, 1.165) is 15.7 Å². The summed E-state index contributed by atoms with van der Waals surface area (Å²) in [6.45, 7) is -0.419. The zero-order chi connectivity index (χ0) is 18.7. The number of azo groups is 1. The Labute approximate surface area is 156 Å². The van der Waals surface area contributed by atoms with Gasteiger partial charge in [0.2, 0.25) is 0 Å². The number of nitrogens with two attached hydrogens (primary N) is 1. The topological polar surface area (TPSA) is 105 Å². The maximum atomic E-state index is 11.9. The van der Waals surface area contributed by atoms with Crippen molar-refractivity contribution in [1.29, 1.82) is 0 Å². The van der Waals surface area contributed by atoms with Crippen molar-refractivity contribution in [1.82, 2.24) is 0 Å². The lowest BCUT2D eigenvalue weighted by Crippen LogP contribution is -2.09. The van der Waals surface area contributed by atoms with E-state index in [1.54, 1.807) is 18.2 Å². The SMILES string of the molecule is Nc1ccc2cc(S)ccc2c1/N=N/c1ccc(S(=O)(=O)CCO)cc1.